The van der Waals surface area contributed by atoms with E-state index in [0.29, 0.717) is 45.1 Å². The number of hydrogen-bond donors (Lipinski definition) is 5. The fourth-order valence-electron chi connectivity index (χ4n) is 9.94. The van der Waals surface area contributed by atoms with E-state index >= 15 is 0 Å². The van der Waals surface area contributed by atoms with Crippen molar-refractivity contribution in [3.63, 3.8) is 0 Å². The summed E-state index contributed by atoms with van der Waals surface area (Å²) in [5.41, 5.74) is -2.15. The van der Waals surface area contributed by atoms with Crippen LogP contribution in [0.3, 0.4) is 0 Å². The van der Waals surface area contributed by atoms with Crippen molar-refractivity contribution in [2.24, 2.45) is 28.6 Å². The van der Waals surface area contributed by atoms with Gasteiger partial charge in [0.1, 0.15) is 12.7 Å². The van der Waals surface area contributed by atoms with Gasteiger partial charge in [-0.2, -0.15) is 0 Å². The Balaban J connectivity index is 1.21. The third kappa shape index (κ3) is 3.72. The minimum absolute atomic E-state index is 0.0117. The number of esters is 1. The van der Waals surface area contributed by atoms with Gasteiger partial charge in [0.05, 0.1) is 36.1 Å². The number of aliphatic hydroxyl groups is 5. The molecule has 6 aliphatic rings. The van der Waals surface area contributed by atoms with Crippen LogP contribution in [0.15, 0.2) is 11.6 Å². The SMILES string of the molecule is C[C@H]1O[C@H](O[C@H]2CC[C@]3(CO)[C@H]4CC[C@]5(C)[C@@H](C6=CC(=O)OC6)CC[C@]5(O)[C@@H]4CC[C@]3(O)C2)C[C@H](O)[C@@H]1O. The fourth-order valence-corrected chi connectivity index (χ4v) is 9.94. The minimum atomic E-state index is -1.12. The van der Waals surface area contributed by atoms with E-state index in [9.17, 15) is 30.3 Å². The minimum Gasteiger partial charge on any atom is -0.458 e. The maximum Gasteiger partial charge on any atom is 0.331 e. The van der Waals surface area contributed by atoms with Crippen LogP contribution >= 0.6 is 0 Å². The van der Waals surface area contributed by atoms with E-state index in [1.54, 1.807) is 13.0 Å². The van der Waals surface area contributed by atoms with Crippen LogP contribution in [-0.2, 0) is 19.0 Å². The van der Waals surface area contributed by atoms with E-state index < -0.39 is 41.2 Å². The zero-order valence-electron chi connectivity index (χ0n) is 22.6. The highest BCUT2D eigenvalue weighted by molar-refractivity contribution is 5.85. The molecule has 0 radical (unpaired) electrons. The lowest BCUT2D eigenvalue weighted by Gasteiger charge is -2.66. The predicted molar refractivity (Wildman–Crippen MR) is 134 cm³/mol. The second kappa shape index (κ2) is 9.23. The molecule has 9 nitrogen and oxygen atoms in total. The summed E-state index contributed by atoms with van der Waals surface area (Å²) in [7, 11) is 0. The molecule has 0 amide bonds. The lowest BCUT2D eigenvalue weighted by atomic mass is 9.41. The van der Waals surface area contributed by atoms with Crippen LogP contribution in [0.25, 0.3) is 0 Å². The van der Waals surface area contributed by atoms with Crippen LogP contribution in [-0.4, -0.2) is 86.6 Å². The Morgan fingerprint density at radius 2 is 1.82 bits per heavy atom. The van der Waals surface area contributed by atoms with Gasteiger partial charge in [0.25, 0.3) is 0 Å². The molecule has 5 N–H and O–H groups in total. The number of hydrogen-bond acceptors (Lipinski definition) is 9. The van der Waals surface area contributed by atoms with E-state index in [1.165, 1.54) is 0 Å². The van der Waals surface area contributed by atoms with Gasteiger partial charge in [-0.15, -0.1) is 0 Å². The van der Waals surface area contributed by atoms with Crippen molar-refractivity contribution in [2.45, 2.75) is 120 Å². The van der Waals surface area contributed by atoms with Gasteiger partial charge in [-0.25, -0.2) is 4.79 Å². The molecule has 1 saturated heterocycles. The number of rotatable bonds is 4. The lowest BCUT2D eigenvalue weighted by Crippen LogP contribution is -2.69. The Morgan fingerprint density at radius 1 is 1.05 bits per heavy atom. The Kier molecular flexibility index (Phi) is 6.58. The summed E-state index contributed by atoms with van der Waals surface area (Å²) < 4.78 is 17.2. The maximum atomic E-state index is 12.4. The van der Waals surface area contributed by atoms with Gasteiger partial charge in [-0.05, 0) is 81.6 Å². The van der Waals surface area contributed by atoms with Crippen molar-refractivity contribution in [3.8, 4) is 0 Å². The number of ether oxygens (including phenoxy) is 3. The Hall–Kier alpha value is -1.07. The molecule has 0 aromatic rings. The smallest absolute Gasteiger partial charge is 0.331 e. The molecule has 0 bridgehead atoms. The molecule has 0 aromatic heterocycles. The number of carbonyl (C=O) groups is 1. The van der Waals surface area contributed by atoms with Gasteiger partial charge < -0.3 is 39.7 Å². The number of fused-ring (bicyclic) bond motifs is 5. The molecule has 0 unspecified atom stereocenters. The molecule has 38 heavy (non-hydrogen) atoms. The van der Waals surface area contributed by atoms with E-state index in [1.807, 2.05) is 0 Å². The average molecular weight is 537 g/mol. The lowest BCUT2D eigenvalue weighted by molar-refractivity contribution is -0.297. The standard InChI is InChI=1S/C29H44O9/c1-16-25(33)22(31)12-24(37-16)38-18-3-8-27(15-30)20-4-7-26(2)19(17-11-23(32)36-14-17)6-10-29(26,35)21(20)5-9-28(27,34)13-18/h11,16,18-22,24-25,30-31,33-35H,3-10,12-15H2,1-2H3/t16-,18+,19-,20+,21-,22+,24-,25-,26-,27+,28+,29+/m1/s1. The molecule has 5 fully saturated rings. The van der Waals surface area contributed by atoms with Crippen molar-refractivity contribution in [1.82, 2.24) is 0 Å². The normalized spacial score (nSPS) is 54.5. The molecule has 4 saturated carbocycles. The zero-order valence-corrected chi connectivity index (χ0v) is 22.6. The molecule has 0 aromatic carbocycles. The van der Waals surface area contributed by atoms with E-state index in [0.717, 1.165) is 24.8 Å². The van der Waals surface area contributed by atoms with E-state index in [-0.39, 0.29) is 48.3 Å². The largest absolute Gasteiger partial charge is 0.458 e. The first-order valence-corrected chi connectivity index (χ1v) is 14.6. The van der Waals surface area contributed by atoms with Gasteiger partial charge in [0.2, 0.25) is 0 Å². The molecular weight excluding hydrogens is 492 g/mol. The van der Waals surface area contributed by atoms with Crippen LogP contribution in [0.2, 0.25) is 0 Å². The molecule has 0 spiro atoms. The summed E-state index contributed by atoms with van der Waals surface area (Å²) in [5.74, 6) is -0.245. The highest BCUT2D eigenvalue weighted by Crippen LogP contribution is 2.70. The van der Waals surface area contributed by atoms with Crippen LogP contribution in [0.5, 0.6) is 0 Å². The molecule has 214 valence electrons. The van der Waals surface area contributed by atoms with Crippen LogP contribution in [0, 0.1) is 28.6 Å². The summed E-state index contributed by atoms with van der Waals surface area (Å²) in [6.07, 6.45) is 4.24. The van der Waals surface area contributed by atoms with Gasteiger partial charge >= 0.3 is 5.97 Å². The molecule has 9 heteroatoms. The zero-order chi connectivity index (χ0) is 27.1. The highest BCUT2D eigenvalue weighted by Gasteiger charge is 2.71. The third-order valence-electron chi connectivity index (χ3n) is 12.1. The van der Waals surface area contributed by atoms with Crippen molar-refractivity contribution >= 4 is 5.97 Å². The summed E-state index contributed by atoms with van der Waals surface area (Å²) in [6.45, 7) is 4.05. The number of cyclic esters (lactones) is 1. The quantitative estimate of drug-likeness (QED) is 0.267. The molecule has 2 heterocycles. The summed E-state index contributed by atoms with van der Waals surface area (Å²) in [5, 5.41) is 55.6. The molecular formula is C29H44O9. The highest BCUT2D eigenvalue weighted by atomic mass is 16.7. The Morgan fingerprint density at radius 3 is 2.50 bits per heavy atom. The number of aliphatic hydroxyl groups excluding tert-OH is 3. The van der Waals surface area contributed by atoms with Crippen LogP contribution in [0.1, 0.15) is 78.1 Å². The van der Waals surface area contributed by atoms with E-state index in [2.05, 4.69) is 6.92 Å². The van der Waals surface area contributed by atoms with Gasteiger partial charge in [0, 0.05) is 29.7 Å². The first-order chi connectivity index (χ1) is 18.0. The first-order valence-electron chi connectivity index (χ1n) is 14.6. The predicted octanol–water partition coefficient (Wildman–Crippen LogP) is 1.57. The van der Waals surface area contributed by atoms with Gasteiger partial charge in [-0.3, -0.25) is 0 Å². The summed E-state index contributed by atoms with van der Waals surface area (Å²) in [6, 6.07) is 0. The van der Waals surface area contributed by atoms with Crippen LogP contribution in [0.4, 0.5) is 0 Å². The maximum absolute atomic E-state index is 12.4. The van der Waals surface area contributed by atoms with Gasteiger partial charge in [-0.1, -0.05) is 6.92 Å². The first kappa shape index (κ1) is 27.1. The topological polar surface area (TPSA) is 146 Å². The molecule has 12 atom stereocenters. The molecule has 6 rings (SSSR count). The van der Waals surface area contributed by atoms with Crippen molar-refractivity contribution in [2.75, 3.05) is 13.2 Å². The third-order valence-corrected chi connectivity index (χ3v) is 12.1. The van der Waals surface area contributed by atoms with Crippen LogP contribution < -0.4 is 0 Å². The molecule has 2 aliphatic heterocycles. The average Bonchev–Trinajstić information content (AvgIpc) is 3.41. The molecule has 4 aliphatic carbocycles. The van der Waals surface area contributed by atoms with Crippen molar-refractivity contribution < 1.29 is 44.5 Å². The van der Waals surface area contributed by atoms with Crippen molar-refractivity contribution in [1.29, 1.82) is 0 Å². The van der Waals surface area contributed by atoms with E-state index in [4.69, 9.17) is 14.2 Å². The Bertz CT molecular complexity index is 973. The number of carbonyl (C=O) groups excluding carboxylic acids is 1. The van der Waals surface area contributed by atoms with Gasteiger partial charge in [0.15, 0.2) is 6.29 Å². The van der Waals surface area contributed by atoms with Crippen molar-refractivity contribution in [3.05, 3.63) is 11.6 Å². The summed E-state index contributed by atoms with van der Waals surface area (Å²) >= 11 is 0. The monoisotopic (exact) mass is 536 g/mol. The Labute approximate surface area is 224 Å². The fraction of sp³-hybridized carbons (Fsp3) is 0.897. The summed E-state index contributed by atoms with van der Waals surface area (Å²) in [4.78, 5) is 11.8. The second-order valence-electron chi connectivity index (χ2n) is 13.5. The second-order valence-corrected chi connectivity index (χ2v) is 13.5.